The predicted octanol–water partition coefficient (Wildman–Crippen LogP) is 0.852. The molecule has 1 aromatic heterocycles. The van der Waals surface area contributed by atoms with Crippen molar-refractivity contribution in [2.45, 2.75) is 6.54 Å². The van der Waals surface area contributed by atoms with Crippen LogP contribution in [0.3, 0.4) is 0 Å². The van der Waals surface area contributed by atoms with Crippen molar-refractivity contribution in [2.24, 2.45) is 0 Å². The second-order valence-electron chi connectivity index (χ2n) is 5.45. The third-order valence-corrected chi connectivity index (χ3v) is 4.13. The Labute approximate surface area is 151 Å². The molecule has 0 aliphatic carbocycles. The summed E-state index contributed by atoms with van der Waals surface area (Å²) in [6.07, 6.45) is 0. The van der Waals surface area contributed by atoms with E-state index < -0.39 is 0 Å². The van der Waals surface area contributed by atoms with Gasteiger partial charge in [0.05, 0.1) is 26.9 Å². The lowest BCUT2D eigenvalue weighted by Gasteiger charge is -2.25. The molecule has 136 valence electrons. The van der Waals surface area contributed by atoms with E-state index in [1.165, 1.54) is 0 Å². The second-order valence-corrected chi connectivity index (χ2v) is 5.83. The number of ether oxygens (including phenoxy) is 2. The molecular weight excluding hydrogens is 342 g/mol. The van der Waals surface area contributed by atoms with Crippen molar-refractivity contribution in [1.29, 1.82) is 0 Å². The minimum atomic E-state index is -0.180. The maximum absolute atomic E-state index is 12.4. The van der Waals surface area contributed by atoms with Gasteiger partial charge in [0.1, 0.15) is 5.75 Å². The number of thiocarbonyl (C=S) groups is 1. The van der Waals surface area contributed by atoms with Gasteiger partial charge in [-0.3, -0.25) is 4.79 Å². The standard InChI is InChI=1S/C17H23N3O4S/c1-23-8-5-18-17(25)20(6-7-21)11-13-9-12-10-14(24-2)3-4-15(12)19-16(13)22/h3-4,9-10,21H,5-8,11H2,1-2H3,(H,18,25)(H,19,22). The number of hydrogen-bond donors (Lipinski definition) is 3. The van der Waals surface area contributed by atoms with E-state index >= 15 is 0 Å². The van der Waals surface area contributed by atoms with Crippen LogP contribution in [0.5, 0.6) is 5.75 Å². The van der Waals surface area contributed by atoms with E-state index in [1.807, 2.05) is 18.2 Å². The smallest absolute Gasteiger partial charge is 0.253 e. The molecule has 0 saturated heterocycles. The van der Waals surface area contributed by atoms with Crippen molar-refractivity contribution in [2.75, 3.05) is 40.5 Å². The monoisotopic (exact) mass is 365 g/mol. The van der Waals surface area contributed by atoms with Crippen molar-refractivity contribution in [1.82, 2.24) is 15.2 Å². The lowest BCUT2D eigenvalue weighted by atomic mass is 10.1. The van der Waals surface area contributed by atoms with Gasteiger partial charge in [0.15, 0.2) is 5.11 Å². The van der Waals surface area contributed by atoms with Crippen molar-refractivity contribution < 1.29 is 14.6 Å². The van der Waals surface area contributed by atoms with Gasteiger partial charge < -0.3 is 29.8 Å². The highest BCUT2D eigenvalue weighted by atomic mass is 32.1. The fourth-order valence-electron chi connectivity index (χ4n) is 2.42. The Morgan fingerprint density at radius 3 is 2.84 bits per heavy atom. The number of nitrogens with one attached hydrogen (secondary N) is 2. The second kappa shape index (κ2) is 9.36. The Morgan fingerprint density at radius 1 is 1.36 bits per heavy atom. The molecule has 25 heavy (non-hydrogen) atoms. The molecule has 1 heterocycles. The van der Waals surface area contributed by atoms with Crippen molar-refractivity contribution >= 4 is 28.2 Å². The topological polar surface area (TPSA) is 86.8 Å². The number of H-pyrrole nitrogens is 1. The summed E-state index contributed by atoms with van der Waals surface area (Å²) in [4.78, 5) is 17.0. The average molecular weight is 365 g/mol. The zero-order valence-electron chi connectivity index (χ0n) is 14.4. The Hall–Kier alpha value is -2.16. The van der Waals surface area contributed by atoms with Crippen LogP contribution in [0.1, 0.15) is 5.56 Å². The van der Waals surface area contributed by atoms with E-state index in [0.717, 1.165) is 16.7 Å². The van der Waals surface area contributed by atoms with Crippen LogP contribution in [0, 0.1) is 0 Å². The first-order valence-electron chi connectivity index (χ1n) is 7.91. The number of methoxy groups -OCH3 is 2. The van der Waals surface area contributed by atoms with Crippen molar-refractivity contribution in [3.8, 4) is 5.75 Å². The van der Waals surface area contributed by atoms with Gasteiger partial charge in [-0.05, 0) is 36.5 Å². The zero-order valence-corrected chi connectivity index (χ0v) is 15.2. The van der Waals surface area contributed by atoms with Crippen LogP contribution in [-0.4, -0.2) is 60.6 Å². The van der Waals surface area contributed by atoms with Gasteiger partial charge in [0.25, 0.3) is 5.56 Å². The number of rotatable bonds is 8. The summed E-state index contributed by atoms with van der Waals surface area (Å²) in [6, 6.07) is 7.28. The molecule has 0 fully saturated rings. The highest BCUT2D eigenvalue weighted by Crippen LogP contribution is 2.19. The first kappa shape index (κ1) is 19.2. The third kappa shape index (κ3) is 5.15. The summed E-state index contributed by atoms with van der Waals surface area (Å²) in [5.41, 5.74) is 1.12. The quantitative estimate of drug-likeness (QED) is 0.472. The fraction of sp³-hybridized carbons (Fsp3) is 0.412. The molecule has 0 aliphatic rings. The molecule has 2 aromatic rings. The van der Waals surface area contributed by atoms with Crippen LogP contribution in [0.15, 0.2) is 29.1 Å². The number of aromatic amines is 1. The first-order chi connectivity index (χ1) is 12.1. The summed E-state index contributed by atoms with van der Waals surface area (Å²) in [5.74, 6) is 0.717. The molecule has 8 heteroatoms. The minimum absolute atomic E-state index is 0.0641. The van der Waals surface area contributed by atoms with Gasteiger partial charge in [0, 0.05) is 36.7 Å². The molecule has 0 radical (unpaired) electrons. The van der Waals surface area contributed by atoms with Gasteiger partial charge in [-0.1, -0.05) is 0 Å². The van der Waals surface area contributed by atoms with Gasteiger partial charge >= 0.3 is 0 Å². The minimum Gasteiger partial charge on any atom is -0.497 e. The predicted molar refractivity (Wildman–Crippen MR) is 101 cm³/mol. The summed E-state index contributed by atoms with van der Waals surface area (Å²) in [6.45, 7) is 1.63. The number of aliphatic hydroxyl groups is 1. The Balaban J connectivity index is 2.23. The Morgan fingerprint density at radius 2 is 2.16 bits per heavy atom. The van der Waals surface area contributed by atoms with Crippen molar-refractivity contribution in [3.05, 3.63) is 40.2 Å². The molecule has 1 aromatic carbocycles. The normalized spacial score (nSPS) is 10.7. The Kier molecular flexibility index (Phi) is 7.17. The van der Waals surface area contributed by atoms with E-state index in [9.17, 15) is 9.90 Å². The molecule has 0 unspecified atom stereocenters. The summed E-state index contributed by atoms with van der Waals surface area (Å²) >= 11 is 5.35. The summed E-state index contributed by atoms with van der Waals surface area (Å²) in [5, 5.41) is 13.7. The van der Waals surface area contributed by atoms with E-state index in [-0.39, 0.29) is 12.2 Å². The maximum atomic E-state index is 12.4. The number of aliphatic hydroxyl groups excluding tert-OH is 1. The third-order valence-electron chi connectivity index (χ3n) is 3.73. The van der Waals surface area contributed by atoms with Crippen LogP contribution >= 0.6 is 12.2 Å². The van der Waals surface area contributed by atoms with Crippen LogP contribution in [0.2, 0.25) is 0 Å². The number of benzene rings is 1. The SMILES string of the molecule is COCCNC(=S)N(CCO)Cc1cc2cc(OC)ccc2[nH]c1=O. The lowest BCUT2D eigenvalue weighted by molar-refractivity contribution is 0.201. The average Bonchev–Trinajstić information content (AvgIpc) is 2.61. The number of fused-ring (bicyclic) bond motifs is 1. The molecule has 7 nitrogen and oxygen atoms in total. The molecule has 3 N–H and O–H groups in total. The Bertz CT molecular complexity index is 778. The van der Waals surface area contributed by atoms with Crippen molar-refractivity contribution in [3.63, 3.8) is 0 Å². The first-order valence-corrected chi connectivity index (χ1v) is 8.32. The largest absolute Gasteiger partial charge is 0.497 e. The maximum Gasteiger partial charge on any atom is 0.253 e. The van der Waals surface area contributed by atoms with Gasteiger partial charge in [-0.25, -0.2) is 0 Å². The number of nitrogens with zero attached hydrogens (tertiary/aromatic N) is 1. The van der Waals surface area contributed by atoms with E-state index in [2.05, 4.69) is 10.3 Å². The van der Waals surface area contributed by atoms with Gasteiger partial charge in [-0.15, -0.1) is 0 Å². The molecular formula is C17H23N3O4S. The molecule has 0 spiro atoms. The van der Waals surface area contributed by atoms with Crippen LogP contribution in [0.25, 0.3) is 10.9 Å². The van der Waals surface area contributed by atoms with Crippen LogP contribution < -0.4 is 15.6 Å². The highest BCUT2D eigenvalue weighted by molar-refractivity contribution is 7.80. The fourth-order valence-corrected chi connectivity index (χ4v) is 2.68. The lowest BCUT2D eigenvalue weighted by Crippen LogP contribution is -2.42. The van der Waals surface area contributed by atoms with E-state index in [0.29, 0.717) is 36.9 Å². The summed E-state index contributed by atoms with van der Waals surface area (Å²) < 4.78 is 10.2. The summed E-state index contributed by atoms with van der Waals surface area (Å²) in [7, 11) is 3.21. The molecule has 0 atom stereocenters. The zero-order chi connectivity index (χ0) is 18.2. The van der Waals surface area contributed by atoms with Gasteiger partial charge in [0.2, 0.25) is 0 Å². The number of hydrogen-bond acceptors (Lipinski definition) is 5. The molecule has 0 amide bonds. The number of aromatic nitrogens is 1. The molecule has 0 saturated carbocycles. The highest BCUT2D eigenvalue weighted by Gasteiger charge is 2.13. The van der Waals surface area contributed by atoms with Crippen LogP contribution in [-0.2, 0) is 11.3 Å². The van der Waals surface area contributed by atoms with Crippen LogP contribution in [0.4, 0.5) is 0 Å². The molecule has 0 aliphatic heterocycles. The molecule has 0 bridgehead atoms. The molecule has 2 rings (SSSR count). The number of pyridine rings is 1. The van der Waals surface area contributed by atoms with E-state index in [4.69, 9.17) is 21.7 Å². The van der Waals surface area contributed by atoms with E-state index in [1.54, 1.807) is 25.2 Å². The van der Waals surface area contributed by atoms with Gasteiger partial charge in [-0.2, -0.15) is 0 Å².